The van der Waals surface area contributed by atoms with Crippen LogP contribution >= 0.6 is 0 Å². The molecule has 0 aromatic carbocycles. The van der Waals surface area contributed by atoms with Crippen molar-refractivity contribution in [1.29, 1.82) is 0 Å². The zero-order chi connectivity index (χ0) is 14.9. The van der Waals surface area contributed by atoms with Crippen LogP contribution in [0, 0.1) is 5.41 Å². The molecule has 5 heteroatoms. The van der Waals surface area contributed by atoms with Gasteiger partial charge in [-0.25, -0.2) is 4.79 Å². The second-order valence-electron chi connectivity index (χ2n) is 5.82. The Kier molecular flexibility index (Phi) is 5.01. The summed E-state index contributed by atoms with van der Waals surface area (Å²) in [7, 11) is 0. The minimum atomic E-state index is -0.715. The van der Waals surface area contributed by atoms with Crippen LogP contribution in [0.3, 0.4) is 0 Å². The van der Waals surface area contributed by atoms with E-state index in [9.17, 15) is 9.59 Å². The molecule has 1 spiro atoms. The Bertz CT molecular complexity index is 604. The summed E-state index contributed by atoms with van der Waals surface area (Å²) in [5.74, 6) is -1.16. The molecule has 22 heavy (non-hydrogen) atoms. The number of ketones is 1. The third-order valence-electron chi connectivity index (χ3n) is 4.60. The zero-order valence-electron chi connectivity index (χ0n) is 12.7. The van der Waals surface area contributed by atoms with Crippen LogP contribution in [0.25, 0.3) is 5.70 Å². The fourth-order valence-corrected chi connectivity index (χ4v) is 3.64. The fraction of sp³-hybridized carbons (Fsp3) is 0.471. The topological polar surface area (TPSA) is 47.3 Å². The zero-order valence-corrected chi connectivity index (χ0v) is 13.4. The van der Waals surface area contributed by atoms with Gasteiger partial charge in [-0.05, 0) is 19.8 Å². The van der Waals surface area contributed by atoms with Crippen molar-refractivity contribution in [2.75, 3.05) is 6.61 Å². The third kappa shape index (κ3) is 2.68. The molecule has 0 amide bonds. The normalized spacial score (nSPS) is 18.6. The maximum atomic E-state index is 12.5. The maximum Gasteiger partial charge on any atom is 0.379 e. The first-order valence-corrected chi connectivity index (χ1v) is 7.60. The van der Waals surface area contributed by atoms with Crippen molar-refractivity contribution in [3.05, 3.63) is 36.2 Å². The Labute approximate surface area is 136 Å². The van der Waals surface area contributed by atoms with E-state index in [2.05, 4.69) is 0 Å². The predicted molar refractivity (Wildman–Crippen MR) is 77.0 cm³/mol. The van der Waals surface area contributed by atoms with Crippen molar-refractivity contribution >= 4 is 17.4 Å². The van der Waals surface area contributed by atoms with E-state index >= 15 is 0 Å². The van der Waals surface area contributed by atoms with E-state index in [4.69, 9.17) is 4.74 Å². The molecule has 1 aromatic rings. The van der Waals surface area contributed by atoms with Crippen LogP contribution in [-0.4, -0.2) is 18.4 Å². The summed E-state index contributed by atoms with van der Waals surface area (Å²) >= 11 is 0. The van der Waals surface area contributed by atoms with Crippen molar-refractivity contribution in [3.8, 4) is 0 Å². The first-order valence-electron chi connectivity index (χ1n) is 7.60. The second kappa shape index (κ2) is 6.61. The summed E-state index contributed by atoms with van der Waals surface area (Å²) in [6.45, 7) is 1.96. The van der Waals surface area contributed by atoms with Crippen LogP contribution < -0.4 is 17.0 Å². The third-order valence-corrected chi connectivity index (χ3v) is 4.60. The molecule has 1 heterocycles. The van der Waals surface area contributed by atoms with Gasteiger partial charge < -0.3 is 17.1 Å². The van der Waals surface area contributed by atoms with Gasteiger partial charge in [0.05, 0.1) is 12.2 Å². The van der Waals surface area contributed by atoms with Crippen LogP contribution in [0.5, 0.6) is 0 Å². The van der Waals surface area contributed by atoms with Crippen LogP contribution in [0.2, 0.25) is 0 Å². The quantitative estimate of drug-likeness (QED) is 0.418. The van der Waals surface area contributed by atoms with E-state index < -0.39 is 11.8 Å². The number of pyridine rings is 1. The Morgan fingerprint density at radius 3 is 2.41 bits per heavy atom. The molecule has 0 unspecified atom stereocenters. The van der Waals surface area contributed by atoms with E-state index in [1.54, 1.807) is 6.92 Å². The highest BCUT2D eigenvalue weighted by Gasteiger charge is 2.55. The van der Waals surface area contributed by atoms with Crippen LogP contribution in [0.15, 0.2) is 36.2 Å². The highest BCUT2D eigenvalue weighted by atomic mass is 35.5. The summed E-state index contributed by atoms with van der Waals surface area (Å²) in [4.78, 5) is 24.4. The molecule has 2 aliphatic rings. The van der Waals surface area contributed by atoms with Gasteiger partial charge in [0.2, 0.25) is 0 Å². The number of hydrogen-bond acceptors (Lipinski definition) is 3. The van der Waals surface area contributed by atoms with Crippen LogP contribution in [-0.2, 0) is 14.3 Å². The number of carbonyl (C=O) groups is 2. The lowest BCUT2D eigenvalue weighted by atomic mass is 9.63. The average molecular weight is 322 g/mol. The van der Waals surface area contributed by atoms with Crippen molar-refractivity contribution in [2.45, 2.75) is 39.0 Å². The number of Topliss-reactive ketones (excluding diaryl/α,β-unsaturated/α-hetero) is 1. The van der Waals surface area contributed by atoms with Gasteiger partial charge in [0.15, 0.2) is 18.1 Å². The molecular formula is C17H20ClNO3. The number of rotatable bonds is 4. The largest absolute Gasteiger partial charge is 1.00 e. The van der Waals surface area contributed by atoms with Gasteiger partial charge in [-0.1, -0.05) is 18.9 Å². The smallest absolute Gasteiger partial charge is 0.379 e. The van der Waals surface area contributed by atoms with Gasteiger partial charge in [-0.2, -0.15) is 4.57 Å². The highest BCUT2D eigenvalue weighted by molar-refractivity contribution is 6.42. The van der Waals surface area contributed by atoms with Gasteiger partial charge in [-0.3, -0.25) is 4.79 Å². The van der Waals surface area contributed by atoms with Gasteiger partial charge in [0, 0.05) is 24.0 Å². The number of halogens is 1. The molecule has 4 nitrogen and oxygen atoms in total. The fourth-order valence-electron chi connectivity index (χ4n) is 3.64. The maximum absolute atomic E-state index is 12.5. The molecule has 118 valence electrons. The number of carbonyl (C=O) groups excluding carboxylic acids is 2. The molecule has 3 rings (SSSR count). The van der Waals surface area contributed by atoms with Crippen molar-refractivity contribution < 1.29 is 31.3 Å². The summed E-state index contributed by atoms with van der Waals surface area (Å²) in [5.41, 5.74) is 1.56. The molecule has 1 saturated carbocycles. The van der Waals surface area contributed by atoms with Gasteiger partial charge in [0.25, 0.3) is 5.78 Å². The molecular weight excluding hydrogens is 302 g/mol. The molecule has 0 N–H and O–H groups in total. The van der Waals surface area contributed by atoms with Gasteiger partial charge in [0.1, 0.15) is 0 Å². The molecule has 2 aliphatic carbocycles. The Hall–Kier alpha value is -1.68. The number of ether oxygens (including phenoxy) is 1. The summed E-state index contributed by atoms with van der Waals surface area (Å²) in [6.07, 6.45) is 9.00. The lowest BCUT2D eigenvalue weighted by Gasteiger charge is -2.38. The summed E-state index contributed by atoms with van der Waals surface area (Å²) in [5, 5.41) is 0. The van der Waals surface area contributed by atoms with Gasteiger partial charge >= 0.3 is 5.97 Å². The number of hydrogen-bond donors (Lipinski definition) is 0. The van der Waals surface area contributed by atoms with E-state index in [0.717, 1.165) is 37.8 Å². The molecule has 1 aromatic heterocycles. The minimum absolute atomic E-state index is 0. The molecule has 1 fully saturated rings. The van der Waals surface area contributed by atoms with E-state index in [0.29, 0.717) is 5.57 Å². The Balaban J connectivity index is 0.00000176. The van der Waals surface area contributed by atoms with Crippen molar-refractivity contribution in [1.82, 2.24) is 0 Å². The van der Waals surface area contributed by atoms with Crippen molar-refractivity contribution in [3.63, 3.8) is 0 Å². The highest BCUT2D eigenvalue weighted by Crippen LogP contribution is 2.57. The molecule has 0 aliphatic heterocycles. The number of nitrogens with zero attached hydrogens (tertiary/aromatic N) is 1. The Morgan fingerprint density at radius 1 is 1.18 bits per heavy atom. The van der Waals surface area contributed by atoms with E-state index in [1.165, 1.54) is 0 Å². The van der Waals surface area contributed by atoms with Gasteiger partial charge in [-0.15, -0.1) is 0 Å². The predicted octanol–water partition coefficient (Wildman–Crippen LogP) is -0.714. The standard InChI is InChI=1S/C17H20NO3.ClH/c1-2-21-16(20)15(19)14-13(18-10-6-3-7-11-18)12-17(14)8-4-5-9-17;/h3,6-7,10-11H,2,4-5,8-9,12H2,1H3;1H/q+1;/p-1. The Morgan fingerprint density at radius 2 is 1.82 bits per heavy atom. The van der Waals surface area contributed by atoms with E-state index in [-0.39, 0.29) is 24.4 Å². The monoisotopic (exact) mass is 321 g/mol. The number of aromatic nitrogens is 1. The molecule has 0 radical (unpaired) electrons. The van der Waals surface area contributed by atoms with Crippen molar-refractivity contribution in [2.24, 2.45) is 5.41 Å². The number of allylic oxidation sites excluding steroid dienone is 1. The van der Waals surface area contributed by atoms with E-state index in [1.807, 2.05) is 35.2 Å². The summed E-state index contributed by atoms with van der Waals surface area (Å²) < 4.78 is 6.87. The second-order valence-corrected chi connectivity index (χ2v) is 5.82. The van der Waals surface area contributed by atoms with Crippen LogP contribution in [0.1, 0.15) is 39.0 Å². The minimum Gasteiger partial charge on any atom is -1.00 e. The first kappa shape index (κ1) is 16.7. The lowest BCUT2D eigenvalue weighted by molar-refractivity contribution is -0.588. The lowest BCUT2D eigenvalue weighted by Crippen LogP contribution is -3.00. The molecule has 0 bridgehead atoms. The molecule has 0 atom stereocenters. The molecule has 0 saturated heterocycles. The summed E-state index contributed by atoms with van der Waals surface area (Å²) in [6, 6.07) is 5.80. The average Bonchev–Trinajstić information content (AvgIpc) is 2.97. The SMILES string of the molecule is CCOC(=O)C(=O)C1=C([n+]2ccccc2)CC12CCCC2.[Cl-]. The number of esters is 1. The first-order chi connectivity index (χ1) is 10.2. The van der Waals surface area contributed by atoms with Crippen LogP contribution in [0.4, 0.5) is 0 Å².